The van der Waals surface area contributed by atoms with Gasteiger partial charge in [0, 0.05) is 15.9 Å². The largest absolute Gasteiger partial charge is 0.396 e. The molecule has 1 aromatic carbocycles. The van der Waals surface area contributed by atoms with E-state index in [4.69, 9.17) is 5.73 Å². The molecule has 0 saturated heterocycles. The first-order valence-corrected chi connectivity index (χ1v) is 8.46. The number of benzene rings is 1. The van der Waals surface area contributed by atoms with E-state index >= 15 is 0 Å². The summed E-state index contributed by atoms with van der Waals surface area (Å²) >= 11 is 3.54. The van der Waals surface area contributed by atoms with Gasteiger partial charge in [0.1, 0.15) is 0 Å². The van der Waals surface area contributed by atoms with Crippen molar-refractivity contribution in [3.63, 3.8) is 0 Å². The fourth-order valence-electron chi connectivity index (χ4n) is 3.31. The predicted octanol–water partition coefficient (Wildman–Crippen LogP) is 4.82. The van der Waals surface area contributed by atoms with E-state index in [0.29, 0.717) is 12.0 Å². The summed E-state index contributed by atoms with van der Waals surface area (Å²) in [6, 6.07) is 6.62. The maximum atomic E-state index is 6.19. The minimum Gasteiger partial charge on any atom is -0.396 e. The number of rotatable bonds is 2. The highest BCUT2D eigenvalue weighted by Crippen LogP contribution is 2.36. The number of halogens is 1. The standard InChI is InChI=1S/C17H22BrN3/c1-10-4-3-5-15(11(10)2)21-17-13-8-12(18)6-7-16(13)20-9-14(17)19/h6-11,15H,3-5,19H2,1-2H3,(H,20,21). The molecule has 112 valence electrons. The monoisotopic (exact) mass is 347 g/mol. The molecule has 0 aliphatic heterocycles. The van der Waals surface area contributed by atoms with E-state index in [1.54, 1.807) is 6.20 Å². The Labute approximate surface area is 134 Å². The summed E-state index contributed by atoms with van der Waals surface area (Å²) in [5, 5.41) is 4.81. The fraction of sp³-hybridized carbons (Fsp3) is 0.471. The van der Waals surface area contributed by atoms with Crippen LogP contribution in [-0.2, 0) is 0 Å². The Hall–Kier alpha value is -1.29. The van der Waals surface area contributed by atoms with Crippen LogP contribution in [0.2, 0.25) is 0 Å². The molecule has 3 atom stereocenters. The average Bonchev–Trinajstić information content (AvgIpc) is 2.46. The SMILES string of the molecule is CC1CCCC(Nc2c(N)cnc3ccc(Br)cc23)C1C. The number of nitrogens with zero attached hydrogens (tertiary/aromatic N) is 1. The maximum absolute atomic E-state index is 6.19. The molecule has 4 heteroatoms. The summed E-state index contributed by atoms with van der Waals surface area (Å²) in [4.78, 5) is 4.42. The lowest BCUT2D eigenvalue weighted by molar-refractivity contribution is 0.253. The number of hydrogen-bond acceptors (Lipinski definition) is 3. The summed E-state index contributed by atoms with van der Waals surface area (Å²) < 4.78 is 1.05. The van der Waals surface area contributed by atoms with Gasteiger partial charge in [-0.25, -0.2) is 0 Å². The van der Waals surface area contributed by atoms with Gasteiger partial charge in [-0.2, -0.15) is 0 Å². The third-order valence-corrected chi connectivity index (χ3v) is 5.39. The zero-order chi connectivity index (χ0) is 15.0. The zero-order valence-corrected chi connectivity index (χ0v) is 14.2. The average molecular weight is 348 g/mol. The third-order valence-electron chi connectivity index (χ3n) is 4.90. The molecule has 3 rings (SSSR count). The van der Waals surface area contributed by atoms with Gasteiger partial charge in [-0.3, -0.25) is 4.98 Å². The highest BCUT2D eigenvalue weighted by molar-refractivity contribution is 9.10. The molecule has 0 amide bonds. The van der Waals surface area contributed by atoms with Gasteiger partial charge < -0.3 is 11.1 Å². The second-order valence-corrected chi connectivity index (χ2v) is 7.18. The Morgan fingerprint density at radius 1 is 1.29 bits per heavy atom. The lowest BCUT2D eigenvalue weighted by Crippen LogP contribution is -2.35. The van der Waals surface area contributed by atoms with Gasteiger partial charge in [0.05, 0.1) is 23.1 Å². The quantitative estimate of drug-likeness (QED) is 0.818. The smallest absolute Gasteiger partial charge is 0.0743 e. The first kappa shape index (κ1) is 14.6. The van der Waals surface area contributed by atoms with Gasteiger partial charge in [0.15, 0.2) is 0 Å². The molecule has 1 heterocycles. The van der Waals surface area contributed by atoms with E-state index in [0.717, 1.165) is 32.7 Å². The normalized spacial score (nSPS) is 26.0. The summed E-state index contributed by atoms with van der Waals surface area (Å²) in [7, 11) is 0. The van der Waals surface area contributed by atoms with E-state index in [-0.39, 0.29) is 0 Å². The molecule has 3 nitrogen and oxygen atoms in total. The van der Waals surface area contributed by atoms with Crippen LogP contribution in [0.4, 0.5) is 11.4 Å². The topological polar surface area (TPSA) is 50.9 Å². The second kappa shape index (κ2) is 5.84. The Morgan fingerprint density at radius 2 is 2.10 bits per heavy atom. The Bertz CT molecular complexity index is 651. The summed E-state index contributed by atoms with van der Waals surface area (Å²) in [6.07, 6.45) is 5.59. The van der Waals surface area contributed by atoms with Gasteiger partial charge in [0.2, 0.25) is 0 Å². The van der Waals surface area contributed by atoms with Crippen LogP contribution in [0.3, 0.4) is 0 Å². The van der Waals surface area contributed by atoms with Crippen molar-refractivity contribution in [2.75, 3.05) is 11.1 Å². The molecule has 0 radical (unpaired) electrons. The van der Waals surface area contributed by atoms with Crippen LogP contribution >= 0.6 is 15.9 Å². The molecule has 1 aromatic heterocycles. The third kappa shape index (κ3) is 2.86. The Kier molecular flexibility index (Phi) is 4.07. The molecule has 0 spiro atoms. The summed E-state index contributed by atoms with van der Waals surface area (Å²) in [5.41, 5.74) is 8.93. The van der Waals surface area contributed by atoms with E-state index in [1.807, 2.05) is 12.1 Å². The van der Waals surface area contributed by atoms with Crippen molar-refractivity contribution in [2.45, 2.75) is 39.2 Å². The Balaban J connectivity index is 1.99. The number of anilines is 2. The van der Waals surface area contributed by atoms with Crippen molar-refractivity contribution in [2.24, 2.45) is 11.8 Å². The van der Waals surface area contributed by atoms with Crippen LogP contribution in [-0.4, -0.2) is 11.0 Å². The molecule has 1 saturated carbocycles. The number of pyridine rings is 1. The van der Waals surface area contributed by atoms with Gasteiger partial charge >= 0.3 is 0 Å². The van der Waals surface area contributed by atoms with Crippen LogP contribution in [0.1, 0.15) is 33.1 Å². The fourth-order valence-corrected chi connectivity index (χ4v) is 3.67. The van der Waals surface area contributed by atoms with Crippen molar-refractivity contribution in [1.82, 2.24) is 4.98 Å². The lowest BCUT2D eigenvalue weighted by atomic mass is 9.78. The van der Waals surface area contributed by atoms with Crippen LogP contribution < -0.4 is 11.1 Å². The van der Waals surface area contributed by atoms with Gasteiger partial charge in [-0.15, -0.1) is 0 Å². The molecule has 1 fully saturated rings. The van der Waals surface area contributed by atoms with E-state index in [9.17, 15) is 0 Å². The predicted molar refractivity (Wildman–Crippen MR) is 93.4 cm³/mol. The van der Waals surface area contributed by atoms with Crippen LogP contribution in [0.5, 0.6) is 0 Å². The Morgan fingerprint density at radius 3 is 2.90 bits per heavy atom. The first-order valence-electron chi connectivity index (χ1n) is 7.66. The molecule has 2 aromatic rings. The number of hydrogen-bond donors (Lipinski definition) is 2. The van der Waals surface area contributed by atoms with Crippen molar-refractivity contribution in [3.05, 3.63) is 28.9 Å². The van der Waals surface area contributed by atoms with Gasteiger partial charge in [0.25, 0.3) is 0 Å². The van der Waals surface area contributed by atoms with Crippen LogP contribution in [0.15, 0.2) is 28.9 Å². The number of nitrogens with two attached hydrogens (primary N) is 1. The highest BCUT2D eigenvalue weighted by Gasteiger charge is 2.27. The zero-order valence-electron chi connectivity index (χ0n) is 12.6. The molecule has 1 aliphatic rings. The van der Waals surface area contributed by atoms with Gasteiger partial charge in [-0.05, 0) is 36.5 Å². The highest BCUT2D eigenvalue weighted by atomic mass is 79.9. The summed E-state index contributed by atoms with van der Waals surface area (Å²) in [5.74, 6) is 1.42. The molecule has 1 aliphatic carbocycles. The minimum atomic E-state index is 0.487. The molecule has 3 N–H and O–H groups in total. The van der Waals surface area contributed by atoms with Crippen molar-refractivity contribution >= 4 is 38.2 Å². The minimum absolute atomic E-state index is 0.487. The number of nitrogen functional groups attached to an aromatic ring is 1. The van der Waals surface area contributed by atoms with Crippen molar-refractivity contribution in [1.29, 1.82) is 0 Å². The number of fused-ring (bicyclic) bond motifs is 1. The molecule has 21 heavy (non-hydrogen) atoms. The van der Waals surface area contributed by atoms with E-state index in [1.165, 1.54) is 19.3 Å². The summed E-state index contributed by atoms with van der Waals surface area (Å²) in [6.45, 7) is 4.69. The number of aromatic nitrogens is 1. The molecule has 0 bridgehead atoms. The van der Waals surface area contributed by atoms with Crippen LogP contribution in [0, 0.1) is 11.8 Å². The lowest BCUT2D eigenvalue weighted by Gasteiger charge is -2.35. The maximum Gasteiger partial charge on any atom is 0.0743 e. The molecular weight excluding hydrogens is 326 g/mol. The second-order valence-electron chi connectivity index (χ2n) is 6.27. The molecule has 3 unspecified atom stereocenters. The van der Waals surface area contributed by atoms with Crippen molar-refractivity contribution in [3.8, 4) is 0 Å². The van der Waals surface area contributed by atoms with Gasteiger partial charge in [-0.1, -0.05) is 42.6 Å². The molecular formula is C17H22BrN3. The number of nitrogens with one attached hydrogen (secondary N) is 1. The van der Waals surface area contributed by atoms with Crippen LogP contribution in [0.25, 0.3) is 10.9 Å². The van der Waals surface area contributed by atoms with E-state index < -0.39 is 0 Å². The first-order chi connectivity index (χ1) is 10.1. The van der Waals surface area contributed by atoms with E-state index in [2.05, 4.69) is 46.1 Å². The van der Waals surface area contributed by atoms with Crippen molar-refractivity contribution < 1.29 is 0 Å².